The van der Waals surface area contributed by atoms with Gasteiger partial charge in [0.05, 0.1) is 0 Å². The van der Waals surface area contributed by atoms with Crippen molar-refractivity contribution >= 4 is 5.91 Å². The summed E-state index contributed by atoms with van der Waals surface area (Å²) in [5.41, 5.74) is 0.386. The van der Waals surface area contributed by atoms with Gasteiger partial charge in [0.2, 0.25) is 5.91 Å². The smallest absolute Gasteiger partial charge is 0.220 e. The number of carbonyl (C=O) groups excluding carboxylic acids is 1. The van der Waals surface area contributed by atoms with Gasteiger partial charge in [0.15, 0.2) is 0 Å². The van der Waals surface area contributed by atoms with Crippen molar-refractivity contribution in [2.24, 2.45) is 11.3 Å². The molecule has 3 nitrogen and oxygen atoms in total. The van der Waals surface area contributed by atoms with Crippen LogP contribution in [0.25, 0.3) is 0 Å². The average Bonchev–Trinajstić information content (AvgIpc) is 3.09. The fourth-order valence-corrected chi connectivity index (χ4v) is 2.98. The first kappa shape index (κ1) is 12.9. The summed E-state index contributed by atoms with van der Waals surface area (Å²) in [5, 5.41) is 6.36. The number of rotatable bonds is 6. The van der Waals surface area contributed by atoms with E-state index in [1.54, 1.807) is 0 Å². The van der Waals surface area contributed by atoms with E-state index in [1.165, 1.54) is 44.9 Å². The third-order valence-corrected chi connectivity index (χ3v) is 4.37. The first-order valence-electron chi connectivity index (χ1n) is 7.15. The van der Waals surface area contributed by atoms with Crippen LogP contribution >= 0.6 is 0 Å². The van der Waals surface area contributed by atoms with Crippen molar-refractivity contribution in [3.05, 3.63) is 0 Å². The predicted molar refractivity (Wildman–Crippen MR) is 69.8 cm³/mol. The Hall–Kier alpha value is -0.570. The van der Waals surface area contributed by atoms with Crippen LogP contribution in [0.3, 0.4) is 0 Å². The molecule has 0 aromatic carbocycles. The third kappa shape index (κ3) is 3.98. The summed E-state index contributed by atoms with van der Waals surface area (Å²) in [7, 11) is 1.99. The molecule has 2 rings (SSSR count). The molecule has 2 N–H and O–H groups in total. The van der Waals surface area contributed by atoms with Crippen LogP contribution in [0, 0.1) is 11.3 Å². The fourth-order valence-electron chi connectivity index (χ4n) is 2.98. The van der Waals surface area contributed by atoms with Gasteiger partial charge in [-0.25, -0.2) is 0 Å². The van der Waals surface area contributed by atoms with E-state index in [2.05, 4.69) is 10.6 Å². The van der Waals surface area contributed by atoms with Gasteiger partial charge >= 0.3 is 0 Å². The summed E-state index contributed by atoms with van der Waals surface area (Å²) in [5.74, 6) is 0.933. The maximum Gasteiger partial charge on any atom is 0.220 e. The molecule has 0 radical (unpaired) electrons. The lowest BCUT2D eigenvalue weighted by molar-refractivity contribution is -0.122. The molecule has 3 heteroatoms. The van der Waals surface area contributed by atoms with E-state index < -0.39 is 0 Å². The van der Waals surface area contributed by atoms with E-state index in [9.17, 15) is 4.79 Å². The van der Waals surface area contributed by atoms with E-state index in [0.717, 1.165) is 19.5 Å². The maximum atomic E-state index is 11.9. The minimum Gasteiger partial charge on any atom is -0.355 e. The van der Waals surface area contributed by atoms with Gasteiger partial charge in [0, 0.05) is 24.9 Å². The second-order valence-electron chi connectivity index (χ2n) is 6.02. The Labute approximate surface area is 105 Å². The number of hydrogen-bond donors (Lipinski definition) is 2. The van der Waals surface area contributed by atoms with Gasteiger partial charge in [-0.1, -0.05) is 19.3 Å². The van der Waals surface area contributed by atoms with Crippen LogP contribution < -0.4 is 10.6 Å². The number of amides is 1. The molecule has 2 aliphatic carbocycles. The zero-order valence-electron chi connectivity index (χ0n) is 11.1. The van der Waals surface area contributed by atoms with Crippen LogP contribution in [-0.2, 0) is 4.79 Å². The Balaban J connectivity index is 1.63. The Morgan fingerprint density at radius 3 is 2.47 bits per heavy atom. The zero-order valence-corrected chi connectivity index (χ0v) is 11.1. The van der Waals surface area contributed by atoms with Crippen molar-refractivity contribution in [1.29, 1.82) is 0 Å². The SMILES string of the molecule is CNCC1(CNC(=O)CC2CCCCC2)CC1. The zero-order chi connectivity index (χ0) is 12.1. The van der Waals surface area contributed by atoms with Crippen LogP contribution in [0.2, 0.25) is 0 Å². The van der Waals surface area contributed by atoms with Crippen molar-refractivity contribution in [3.8, 4) is 0 Å². The van der Waals surface area contributed by atoms with Gasteiger partial charge in [-0.3, -0.25) is 4.79 Å². The number of hydrogen-bond acceptors (Lipinski definition) is 2. The predicted octanol–water partition coefficient (Wildman–Crippen LogP) is 2.07. The standard InChI is InChI=1S/C14H26N2O/c1-15-10-14(7-8-14)11-16-13(17)9-12-5-3-2-4-6-12/h12,15H,2-11H2,1H3,(H,16,17). The highest BCUT2D eigenvalue weighted by atomic mass is 16.1. The minimum absolute atomic E-state index is 0.277. The van der Waals surface area contributed by atoms with E-state index in [1.807, 2.05) is 7.05 Å². The quantitative estimate of drug-likeness (QED) is 0.744. The topological polar surface area (TPSA) is 41.1 Å². The first-order chi connectivity index (χ1) is 8.24. The molecule has 0 saturated heterocycles. The fraction of sp³-hybridized carbons (Fsp3) is 0.929. The molecule has 2 aliphatic rings. The van der Waals surface area contributed by atoms with Crippen LogP contribution in [0.4, 0.5) is 0 Å². The van der Waals surface area contributed by atoms with Crippen molar-refractivity contribution in [2.45, 2.75) is 51.4 Å². The molecule has 98 valence electrons. The molecule has 2 fully saturated rings. The largest absolute Gasteiger partial charge is 0.355 e. The molecule has 0 unspecified atom stereocenters. The lowest BCUT2D eigenvalue weighted by Crippen LogP contribution is -2.35. The molecule has 0 bridgehead atoms. The monoisotopic (exact) mass is 238 g/mol. The van der Waals surface area contributed by atoms with E-state index in [4.69, 9.17) is 0 Å². The molecule has 0 aromatic rings. The molecule has 0 spiro atoms. The Morgan fingerprint density at radius 1 is 1.18 bits per heavy atom. The van der Waals surface area contributed by atoms with Gasteiger partial charge in [0.1, 0.15) is 0 Å². The normalized spacial score (nSPS) is 23.4. The highest BCUT2D eigenvalue weighted by molar-refractivity contribution is 5.76. The van der Waals surface area contributed by atoms with Crippen LogP contribution in [0.15, 0.2) is 0 Å². The minimum atomic E-state index is 0.277. The van der Waals surface area contributed by atoms with Gasteiger partial charge < -0.3 is 10.6 Å². The summed E-state index contributed by atoms with van der Waals surface area (Å²) in [6.07, 6.45) is 9.81. The molecule has 0 heterocycles. The van der Waals surface area contributed by atoms with E-state index in [-0.39, 0.29) is 5.91 Å². The first-order valence-corrected chi connectivity index (χ1v) is 7.15. The summed E-state index contributed by atoms with van der Waals surface area (Å²) in [6, 6.07) is 0. The van der Waals surface area contributed by atoms with E-state index >= 15 is 0 Å². The molecule has 2 saturated carbocycles. The maximum absolute atomic E-state index is 11.9. The number of carbonyl (C=O) groups is 1. The van der Waals surface area contributed by atoms with Crippen molar-refractivity contribution in [3.63, 3.8) is 0 Å². The van der Waals surface area contributed by atoms with Crippen LogP contribution in [0.5, 0.6) is 0 Å². The summed E-state index contributed by atoms with van der Waals surface area (Å²) in [4.78, 5) is 11.9. The van der Waals surface area contributed by atoms with Crippen molar-refractivity contribution in [2.75, 3.05) is 20.1 Å². The van der Waals surface area contributed by atoms with Crippen molar-refractivity contribution in [1.82, 2.24) is 10.6 Å². The van der Waals surface area contributed by atoms with Gasteiger partial charge in [0.25, 0.3) is 0 Å². The second-order valence-corrected chi connectivity index (χ2v) is 6.02. The Bertz CT molecular complexity index is 255. The Kier molecular flexibility index (Phi) is 4.43. The van der Waals surface area contributed by atoms with Gasteiger partial charge in [-0.2, -0.15) is 0 Å². The molecular formula is C14H26N2O. The second kappa shape index (κ2) is 5.85. The molecule has 1 amide bonds. The average molecular weight is 238 g/mol. The van der Waals surface area contributed by atoms with Crippen LogP contribution in [0.1, 0.15) is 51.4 Å². The van der Waals surface area contributed by atoms with Gasteiger partial charge in [-0.05, 0) is 38.6 Å². The van der Waals surface area contributed by atoms with Crippen molar-refractivity contribution < 1.29 is 4.79 Å². The van der Waals surface area contributed by atoms with E-state index in [0.29, 0.717) is 11.3 Å². The Morgan fingerprint density at radius 2 is 1.88 bits per heavy atom. The lowest BCUT2D eigenvalue weighted by atomic mass is 9.87. The molecule has 0 aliphatic heterocycles. The summed E-state index contributed by atoms with van der Waals surface area (Å²) >= 11 is 0. The summed E-state index contributed by atoms with van der Waals surface area (Å²) < 4.78 is 0. The third-order valence-electron chi connectivity index (χ3n) is 4.37. The number of nitrogens with one attached hydrogen (secondary N) is 2. The van der Waals surface area contributed by atoms with Gasteiger partial charge in [-0.15, -0.1) is 0 Å². The highest BCUT2D eigenvalue weighted by Gasteiger charge is 2.41. The molecule has 17 heavy (non-hydrogen) atoms. The highest BCUT2D eigenvalue weighted by Crippen LogP contribution is 2.44. The molecular weight excluding hydrogens is 212 g/mol. The molecule has 0 aromatic heterocycles. The summed E-state index contributed by atoms with van der Waals surface area (Å²) in [6.45, 7) is 1.91. The lowest BCUT2D eigenvalue weighted by Gasteiger charge is -2.22. The van der Waals surface area contributed by atoms with Crippen LogP contribution in [-0.4, -0.2) is 26.0 Å². The molecule has 0 atom stereocenters.